The van der Waals surface area contributed by atoms with Crippen molar-refractivity contribution in [3.63, 3.8) is 0 Å². The molecule has 0 radical (unpaired) electrons. The van der Waals surface area contributed by atoms with Gasteiger partial charge in [-0.3, -0.25) is 0 Å². The van der Waals surface area contributed by atoms with Crippen LogP contribution >= 0.6 is 11.6 Å². The Hall–Kier alpha value is -2.66. The third kappa shape index (κ3) is 2.96. The fourth-order valence-electron chi connectivity index (χ4n) is 2.26. The molecule has 23 heavy (non-hydrogen) atoms. The van der Waals surface area contributed by atoms with E-state index in [9.17, 15) is 0 Å². The molecule has 1 aliphatic rings. The Kier molecular flexibility index (Phi) is 3.55. The lowest BCUT2D eigenvalue weighted by Crippen LogP contribution is -1.94. The number of rotatable bonds is 4. The first kappa shape index (κ1) is 14.0. The quantitative estimate of drug-likeness (QED) is 0.714. The fourth-order valence-corrected chi connectivity index (χ4v) is 2.38. The third-order valence-electron chi connectivity index (χ3n) is 3.42. The molecule has 2 heterocycles. The van der Waals surface area contributed by atoms with Crippen LogP contribution in [0.1, 0.15) is 5.76 Å². The molecule has 3 aromatic rings. The highest BCUT2D eigenvalue weighted by molar-refractivity contribution is 6.30. The molecule has 0 N–H and O–H groups in total. The molecule has 0 amide bonds. The molecule has 0 fully saturated rings. The van der Waals surface area contributed by atoms with Crippen molar-refractivity contribution in [2.24, 2.45) is 0 Å². The van der Waals surface area contributed by atoms with E-state index in [1.807, 2.05) is 42.5 Å². The van der Waals surface area contributed by atoms with Gasteiger partial charge < -0.3 is 18.7 Å². The SMILES string of the molecule is Clc1ccc(-c2cc(COc3ccc4c(c3)OCO4)on2)cc1. The number of hydrogen-bond acceptors (Lipinski definition) is 5. The van der Waals surface area contributed by atoms with Crippen molar-refractivity contribution in [1.82, 2.24) is 5.16 Å². The highest BCUT2D eigenvalue weighted by Crippen LogP contribution is 2.35. The van der Waals surface area contributed by atoms with Gasteiger partial charge in [0.05, 0.1) is 0 Å². The summed E-state index contributed by atoms with van der Waals surface area (Å²) in [4.78, 5) is 0. The van der Waals surface area contributed by atoms with E-state index in [-0.39, 0.29) is 13.4 Å². The van der Waals surface area contributed by atoms with Gasteiger partial charge in [0.15, 0.2) is 17.3 Å². The monoisotopic (exact) mass is 329 g/mol. The third-order valence-corrected chi connectivity index (χ3v) is 3.68. The molecule has 0 unspecified atom stereocenters. The molecule has 0 atom stereocenters. The summed E-state index contributed by atoms with van der Waals surface area (Å²) in [6.45, 7) is 0.519. The number of hydrogen-bond donors (Lipinski definition) is 0. The van der Waals surface area contributed by atoms with Gasteiger partial charge in [0.1, 0.15) is 18.1 Å². The van der Waals surface area contributed by atoms with E-state index in [2.05, 4.69) is 5.16 Å². The van der Waals surface area contributed by atoms with Crippen LogP contribution in [-0.4, -0.2) is 11.9 Å². The normalized spacial score (nSPS) is 12.4. The zero-order valence-corrected chi connectivity index (χ0v) is 12.7. The van der Waals surface area contributed by atoms with Gasteiger partial charge in [0, 0.05) is 22.7 Å². The second-order valence-electron chi connectivity index (χ2n) is 4.99. The molecule has 4 rings (SSSR count). The molecule has 1 aromatic heterocycles. The molecule has 116 valence electrons. The van der Waals surface area contributed by atoms with Crippen LogP contribution in [0.2, 0.25) is 5.02 Å². The van der Waals surface area contributed by atoms with Crippen LogP contribution in [-0.2, 0) is 6.61 Å². The summed E-state index contributed by atoms with van der Waals surface area (Å²) >= 11 is 5.88. The van der Waals surface area contributed by atoms with E-state index in [1.165, 1.54) is 0 Å². The molecular weight excluding hydrogens is 318 g/mol. The Balaban J connectivity index is 1.44. The molecule has 2 aromatic carbocycles. The molecular formula is C17H12ClNO4. The first-order chi connectivity index (χ1) is 11.3. The van der Waals surface area contributed by atoms with Crippen LogP contribution in [0.15, 0.2) is 53.1 Å². The molecule has 0 aliphatic carbocycles. The first-order valence-electron chi connectivity index (χ1n) is 7.02. The van der Waals surface area contributed by atoms with Gasteiger partial charge in [0.2, 0.25) is 6.79 Å². The van der Waals surface area contributed by atoms with E-state index in [1.54, 1.807) is 6.07 Å². The predicted molar refractivity (Wildman–Crippen MR) is 83.8 cm³/mol. The Morgan fingerprint density at radius 3 is 2.70 bits per heavy atom. The lowest BCUT2D eigenvalue weighted by atomic mass is 10.1. The number of benzene rings is 2. The van der Waals surface area contributed by atoms with Crippen LogP contribution in [0.4, 0.5) is 0 Å². The lowest BCUT2D eigenvalue weighted by molar-refractivity contribution is 0.173. The van der Waals surface area contributed by atoms with Crippen LogP contribution in [0, 0.1) is 0 Å². The maximum Gasteiger partial charge on any atom is 0.231 e. The Bertz CT molecular complexity index is 829. The second-order valence-corrected chi connectivity index (χ2v) is 5.43. The number of fused-ring (bicyclic) bond motifs is 1. The van der Waals surface area contributed by atoms with Crippen LogP contribution in [0.25, 0.3) is 11.3 Å². The van der Waals surface area contributed by atoms with Crippen LogP contribution in [0.5, 0.6) is 17.2 Å². The van der Waals surface area contributed by atoms with Crippen LogP contribution in [0.3, 0.4) is 0 Å². The average Bonchev–Trinajstić information content (AvgIpc) is 3.22. The number of aromatic nitrogens is 1. The maximum atomic E-state index is 5.88. The van der Waals surface area contributed by atoms with Gasteiger partial charge in [-0.05, 0) is 24.3 Å². The van der Waals surface area contributed by atoms with Gasteiger partial charge in [-0.2, -0.15) is 0 Å². The summed E-state index contributed by atoms with van der Waals surface area (Å²) < 4.78 is 21.6. The highest BCUT2D eigenvalue weighted by Gasteiger charge is 2.14. The fraction of sp³-hybridized carbons (Fsp3) is 0.118. The zero-order valence-electron chi connectivity index (χ0n) is 12.0. The van der Waals surface area contributed by atoms with Gasteiger partial charge in [-0.15, -0.1) is 0 Å². The summed E-state index contributed by atoms with van der Waals surface area (Å²) in [5, 5.41) is 4.73. The van der Waals surface area contributed by atoms with E-state index >= 15 is 0 Å². The van der Waals surface area contributed by atoms with E-state index in [4.69, 9.17) is 30.3 Å². The molecule has 0 saturated heterocycles. The Morgan fingerprint density at radius 2 is 1.83 bits per heavy atom. The lowest BCUT2D eigenvalue weighted by Gasteiger charge is -2.04. The summed E-state index contributed by atoms with van der Waals surface area (Å²) in [7, 11) is 0. The number of halogens is 1. The van der Waals surface area contributed by atoms with Crippen molar-refractivity contribution >= 4 is 11.6 Å². The van der Waals surface area contributed by atoms with E-state index in [0.717, 1.165) is 17.0 Å². The van der Waals surface area contributed by atoms with E-state index in [0.29, 0.717) is 22.3 Å². The standard InChI is InChI=1S/C17H12ClNO4/c18-12-3-1-11(2-4-12)15-7-14(23-19-15)9-20-13-5-6-16-17(8-13)22-10-21-16/h1-8H,9-10H2. The van der Waals surface area contributed by atoms with Crippen molar-refractivity contribution in [1.29, 1.82) is 0 Å². The average molecular weight is 330 g/mol. The topological polar surface area (TPSA) is 53.7 Å². The zero-order chi connectivity index (χ0) is 15.6. The minimum atomic E-state index is 0.241. The molecule has 0 saturated carbocycles. The molecule has 1 aliphatic heterocycles. The second kappa shape index (κ2) is 5.85. The summed E-state index contributed by atoms with van der Waals surface area (Å²) in [5.41, 5.74) is 1.68. The predicted octanol–water partition coefficient (Wildman–Crippen LogP) is 4.30. The highest BCUT2D eigenvalue weighted by atomic mass is 35.5. The molecule has 0 bridgehead atoms. The van der Waals surface area contributed by atoms with Gasteiger partial charge >= 0.3 is 0 Å². The van der Waals surface area contributed by atoms with Crippen LogP contribution < -0.4 is 14.2 Å². The largest absolute Gasteiger partial charge is 0.485 e. The summed E-state index contributed by atoms with van der Waals surface area (Å²) in [5.74, 6) is 2.72. The molecule has 0 spiro atoms. The maximum absolute atomic E-state index is 5.88. The smallest absolute Gasteiger partial charge is 0.231 e. The van der Waals surface area contributed by atoms with Crippen molar-refractivity contribution in [2.45, 2.75) is 6.61 Å². The Labute approximate surface area is 137 Å². The number of nitrogens with zero attached hydrogens (tertiary/aromatic N) is 1. The van der Waals surface area contributed by atoms with E-state index < -0.39 is 0 Å². The molecule has 5 nitrogen and oxygen atoms in total. The number of ether oxygens (including phenoxy) is 3. The van der Waals surface area contributed by atoms with Gasteiger partial charge in [-0.25, -0.2) is 0 Å². The minimum Gasteiger partial charge on any atom is -0.485 e. The van der Waals surface area contributed by atoms with Crippen molar-refractivity contribution < 1.29 is 18.7 Å². The van der Waals surface area contributed by atoms with Gasteiger partial charge in [-0.1, -0.05) is 28.9 Å². The Morgan fingerprint density at radius 1 is 1.00 bits per heavy atom. The van der Waals surface area contributed by atoms with Crippen molar-refractivity contribution in [2.75, 3.05) is 6.79 Å². The first-order valence-corrected chi connectivity index (χ1v) is 7.40. The molecule has 6 heteroatoms. The van der Waals surface area contributed by atoms with Crippen molar-refractivity contribution in [3.8, 4) is 28.5 Å². The summed E-state index contributed by atoms with van der Waals surface area (Å²) in [6, 6.07) is 14.7. The van der Waals surface area contributed by atoms with Gasteiger partial charge in [0.25, 0.3) is 0 Å². The minimum absolute atomic E-state index is 0.241. The van der Waals surface area contributed by atoms with Crippen molar-refractivity contribution in [3.05, 3.63) is 59.3 Å². The summed E-state index contributed by atoms with van der Waals surface area (Å²) in [6.07, 6.45) is 0.